The van der Waals surface area contributed by atoms with Crippen molar-refractivity contribution < 1.29 is 19.1 Å². The third kappa shape index (κ3) is 4.44. The number of ether oxygens (including phenoxy) is 1. The largest absolute Gasteiger partial charge is 0.492 e. The van der Waals surface area contributed by atoms with E-state index in [4.69, 9.17) is 4.74 Å². The van der Waals surface area contributed by atoms with Crippen molar-refractivity contribution >= 4 is 33.8 Å². The van der Waals surface area contributed by atoms with E-state index in [9.17, 15) is 14.4 Å². The lowest BCUT2D eigenvalue weighted by Gasteiger charge is -2.32. The topological polar surface area (TPSA) is 79.0 Å². The van der Waals surface area contributed by atoms with Crippen LogP contribution in [0.15, 0.2) is 53.0 Å². The molecule has 1 heterocycles. The third-order valence-electron chi connectivity index (χ3n) is 5.91. The number of hydrogen-bond acceptors (Lipinski definition) is 4. The van der Waals surface area contributed by atoms with Crippen molar-refractivity contribution in [2.24, 2.45) is 0 Å². The number of nitrogens with zero attached hydrogens (tertiary/aromatic N) is 2. The molecule has 1 unspecified atom stereocenters. The number of carbonyl (C=O) groups excluding carboxylic acids is 3. The fourth-order valence-electron chi connectivity index (χ4n) is 4.06. The van der Waals surface area contributed by atoms with Crippen molar-refractivity contribution in [2.45, 2.75) is 24.8 Å². The Morgan fingerprint density at radius 2 is 1.87 bits per heavy atom. The zero-order valence-electron chi connectivity index (χ0n) is 17.3. The average Bonchev–Trinajstić information content (AvgIpc) is 2.98. The van der Waals surface area contributed by atoms with E-state index in [0.29, 0.717) is 31.7 Å². The van der Waals surface area contributed by atoms with Gasteiger partial charge in [0.1, 0.15) is 24.4 Å². The van der Waals surface area contributed by atoms with E-state index >= 15 is 0 Å². The lowest BCUT2D eigenvalue weighted by atomic mass is 9.78. The second-order valence-corrected chi connectivity index (χ2v) is 8.88. The molecular formula is C23H24BrN3O4. The van der Waals surface area contributed by atoms with Crippen molar-refractivity contribution in [3.8, 4) is 5.75 Å². The highest BCUT2D eigenvalue weighted by molar-refractivity contribution is 9.10. The molecule has 1 atom stereocenters. The normalized spacial score (nSPS) is 19.9. The van der Waals surface area contributed by atoms with Crippen LogP contribution in [0, 0.1) is 0 Å². The summed E-state index contributed by atoms with van der Waals surface area (Å²) in [6, 6.07) is 14.9. The van der Waals surface area contributed by atoms with Gasteiger partial charge in [-0.05, 0) is 48.2 Å². The molecule has 1 saturated heterocycles. The predicted octanol–water partition coefficient (Wildman–Crippen LogP) is 2.77. The number of imide groups is 1. The first-order chi connectivity index (χ1) is 14.9. The number of carbonyl (C=O) groups is 3. The molecule has 0 saturated carbocycles. The first kappa shape index (κ1) is 21.4. The maximum atomic E-state index is 13.1. The lowest BCUT2D eigenvalue weighted by Crippen LogP contribution is -2.51. The van der Waals surface area contributed by atoms with Crippen LogP contribution < -0.4 is 10.1 Å². The van der Waals surface area contributed by atoms with Crippen LogP contribution in [-0.4, -0.2) is 59.9 Å². The van der Waals surface area contributed by atoms with Gasteiger partial charge in [-0.25, -0.2) is 4.79 Å². The van der Waals surface area contributed by atoms with Crippen LogP contribution >= 0.6 is 15.9 Å². The first-order valence-electron chi connectivity index (χ1n) is 10.2. The van der Waals surface area contributed by atoms with E-state index in [1.54, 1.807) is 7.05 Å². The maximum Gasteiger partial charge on any atom is 0.325 e. The standard InChI is InChI=1S/C23H24BrN3O4/c1-26(12-13-31-19-8-6-18(24)7-9-19)20(28)15-27-21(29)23(25-22(27)30)11-10-16-4-2-3-5-17(16)14-23/h2-9H,10-15H2,1H3,(H,25,30). The molecule has 0 radical (unpaired) electrons. The Labute approximate surface area is 189 Å². The molecular weight excluding hydrogens is 462 g/mol. The molecule has 7 nitrogen and oxygen atoms in total. The number of halogens is 1. The van der Waals surface area contributed by atoms with Crippen LogP contribution in [0.3, 0.4) is 0 Å². The number of benzene rings is 2. The first-order valence-corrected chi connectivity index (χ1v) is 11.0. The van der Waals surface area contributed by atoms with Gasteiger partial charge in [0.05, 0.1) is 6.54 Å². The monoisotopic (exact) mass is 485 g/mol. The third-order valence-corrected chi connectivity index (χ3v) is 6.43. The fraction of sp³-hybridized carbons (Fsp3) is 0.348. The molecule has 1 fully saturated rings. The van der Waals surface area contributed by atoms with Crippen LogP contribution in [0.5, 0.6) is 5.75 Å². The molecule has 2 aromatic carbocycles. The Bertz CT molecular complexity index is 1010. The van der Waals surface area contributed by atoms with Crippen molar-refractivity contribution in [1.29, 1.82) is 0 Å². The van der Waals surface area contributed by atoms with E-state index in [0.717, 1.165) is 21.4 Å². The van der Waals surface area contributed by atoms with Gasteiger partial charge in [-0.3, -0.25) is 14.5 Å². The molecule has 8 heteroatoms. The summed E-state index contributed by atoms with van der Waals surface area (Å²) in [6.07, 6.45) is 1.71. The predicted molar refractivity (Wildman–Crippen MR) is 119 cm³/mol. The van der Waals surface area contributed by atoms with Gasteiger partial charge in [0.15, 0.2) is 0 Å². The molecule has 1 N–H and O–H groups in total. The fourth-order valence-corrected chi connectivity index (χ4v) is 4.32. The summed E-state index contributed by atoms with van der Waals surface area (Å²) >= 11 is 3.37. The summed E-state index contributed by atoms with van der Waals surface area (Å²) in [5, 5.41) is 2.86. The minimum absolute atomic E-state index is 0.275. The minimum Gasteiger partial charge on any atom is -0.492 e. The maximum absolute atomic E-state index is 13.1. The number of likely N-dealkylation sites (N-methyl/N-ethyl adjacent to an activating group) is 1. The molecule has 4 amide bonds. The minimum atomic E-state index is -0.949. The highest BCUT2D eigenvalue weighted by atomic mass is 79.9. The van der Waals surface area contributed by atoms with Crippen LogP contribution in [0.1, 0.15) is 17.5 Å². The number of nitrogens with one attached hydrogen (secondary N) is 1. The van der Waals surface area contributed by atoms with Crippen LogP contribution in [0.4, 0.5) is 4.79 Å². The zero-order chi connectivity index (χ0) is 22.0. The van der Waals surface area contributed by atoms with Crippen molar-refractivity contribution in [2.75, 3.05) is 26.7 Å². The quantitative estimate of drug-likeness (QED) is 0.638. The van der Waals surface area contributed by atoms with Gasteiger partial charge in [-0.15, -0.1) is 0 Å². The Hall–Kier alpha value is -2.87. The number of hydrogen-bond donors (Lipinski definition) is 1. The number of fused-ring (bicyclic) bond motifs is 1. The summed E-state index contributed by atoms with van der Waals surface area (Å²) in [7, 11) is 1.64. The molecule has 2 aliphatic rings. The molecule has 0 bridgehead atoms. The summed E-state index contributed by atoms with van der Waals surface area (Å²) in [4.78, 5) is 40.8. The van der Waals surface area contributed by atoms with Gasteiger partial charge >= 0.3 is 6.03 Å². The number of amides is 4. The molecule has 4 rings (SSSR count). The van der Waals surface area contributed by atoms with E-state index in [1.807, 2.05) is 42.5 Å². The van der Waals surface area contributed by atoms with Gasteiger partial charge in [0, 0.05) is 17.9 Å². The molecule has 1 aliphatic heterocycles. The second kappa shape index (κ2) is 8.70. The number of urea groups is 1. The van der Waals surface area contributed by atoms with Gasteiger partial charge in [0.25, 0.3) is 5.91 Å². The SMILES string of the molecule is CN(CCOc1ccc(Br)cc1)C(=O)CN1C(=O)NC2(CCc3ccccc3C2)C1=O. The number of aryl methyl sites for hydroxylation is 1. The smallest absolute Gasteiger partial charge is 0.325 e. The molecule has 0 aromatic heterocycles. The second-order valence-electron chi connectivity index (χ2n) is 7.97. The van der Waals surface area contributed by atoms with E-state index in [2.05, 4.69) is 27.3 Å². The molecule has 162 valence electrons. The van der Waals surface area contributed by atoms with Crippen molar-refractivity contribution in [3.05, 3.63) is 64.1 Å². The summed E-state index contributed by atoms with van der Waals surface area (Å²) < 4.78 is 6.60. The van der Waals surface area contributed by atoms with E-state index in [-0.39, 0.29) is 18.4 Å². The Morgan fingerprint density at radius 1 is 1.16 bits per heavy atom. The van der Waals surface area contributed by atoms with Crippen LogP contribution in [0.25, 0.3) is 0 Å². The molecule has 1 spiro atoms. The van der Waals surface area contributed by atoms with Crippen LogP contribution in [-0.2, 0) is 22.4 Å². The molecule has 1 aliphatic carbocycles. The number of rotatable bonds is 6. The van der Waals surface area contributed by atoms with Gasteiger partial charge in [-0.2, -0.15) is 0 Å². The lowest BCUT2D eigenvalue weighted by molar-refractivity contribution is -0.138. The molecule has 31 heavy (non-hydrogen) atoms. The van der Waals surface area contributed by atoms with Gasteiger partial charge in [0.2, 0.25) is 5.91 Å². The van der Waals surface area contributed by atoms with E-state index < -0.39 is 11.6 Å². The van der Waals surface area contributed by atoms with Gasteiger partial charge < -0.3 is 15.0 Å². The van der Waals surface area contributed by atoms with E-state index in [1.165, 1.54) is 10.5 Å². The Balaban J connectivity index is 1.33. The Morgan fingerprint density at radius 3 is 2.61 bits per heavy atom. The summed E-state index contributed by atoms with van der Waals surface area (Å²) in [5.41, 5.74) is 1.32. The molecule has 2 aromatic rings. The Kier molecular flexibility index (Phi) is 6.00. The highest BCUT2D eigenvalue weighted by Gasteiger charge is 2.52. The van der Waals surface area contributed by atoms with Crippen molar-refractivity contribution in [3.63, 3.8) is 0 Å². The average molecular weight is 486 g/mol. The highest BCUT2D eigenvalue weighted by Crippen LogP contribution is 2.33. The zero-order valence-corrected chi connectivity index (χ0v) is 18.9. The van der Waals surface area contributed by atoms with Crippen molar-refractivity contribution in [1.82, 2.24) is 15.1 Å². The summed E-state index contributed by atoms with van der Waals surface area (Å²) in [5.74, 6) is 0.0775. The van der Waals surface area contributed by atoms with Gasteiger partial charge in [-0.1, -0.05) is 40.2 Å². The summed E-state index contributed by atoms with van der Waals surface area (Å²) in [6.45, 7) is 0.380. The van der Waals surface area contributed by atoms with Crippen LogP contribution in [0.2, 0.25) is 0 Å².